The zero-order valence-electron chi connectivity index (χ0n) is 10.3. The highest BCUT2D eigenvalue weighted by atomic mass is 32.2. The summed E-state index contributed by atoms with van der Waals surface area (Å²) in [5, 5.41) is 12.6. The molecule has 0 aliphatic heterocycles. The highest BCUT2D eigenvalue weighted by Gasteiger charge is 2.17. The molecular formula is C13H11NO5S. The van der Waals surface area contributed by atoms with Gasteiger partial charge in [0.2, 0.25) is 0 Å². The Kier molecular flexibility index (Phi) is 4.11. The van der Waals surface area contributed by atoms with E-state index in [2.05, 4.69) is 9.44 Å². The number of ketones is 1. The summed E-state index contributed by atoms with van der Waals surface area (Å²) in [5.41, 5.74) is 0.285. The van der Waals surface area contributed by atoms with E-state index in [0.29, 0.717) is 0 Å². The largest absolute Gasteiger partial charge is 0.392 e. The van der Waals surface area contributed by atoms with Crippen molar-refractivity contribution < 1.29 is 22.6 Å². The lowest BCUT2D eigenvalue weighted by atomic mass is 10.0. The first kappa shape index (κ1) is 14.2. The molecule has 2 rings (SSSR count). The summed E-state index contributed by atoms with van der Waals surface area (Å²) in [6, 6.07) is 7.54. The van der Waals surface area contributed by atoms with Crippen molar-refractivity contribution in [3.05, 3.63) is 54.1 Å². The molecule has 0 unspecified atom stereocenters. The van der Waals surface area contributed by atoms with Gasteiger partial charge >= 0.3 is 10.1 Å². The maximum Gasteiger partial charge on any atom is 0.358 e. The van der Waals surface area contributed by atoms with Crippen LogP contribution in [0.25, 0.3) is 0 Å². The second-order valence-corrected chi connectivity index (χ2v) is 5.41. The number of carbonyl (C=O) groups excluding carboxylic acids is 1. The summed E-state index contributed by atoms with van der Waals surface area (Å²) in [4.78, 5) is 11.1. The molecule has 104 valence electrons. The average molecular weight is 293 g/mol. The van der Waals surface area contributed by atoms with E-state index in [9.17, 15) is 13.2 Å². The van der Waals surface area contributed by atoms with Gasteiger partial charge in [0.05, 0.1) is 6.61 Å². The van der Waals surface area contributed by atoms with E-state index >= 15 is 0 Å². The predicted octanol–water partition coefficient (Wildman–Crippen LogP) is 0.806. The van der Waals surface area contributed by atoms with E-state index in [1.165, 1.54) is 24.3 Å². The third kappa shape index (κ3) is 3.19. The summed E-state index contributed by atoms with van der Waals surface area (Å²) < 4.78 is 28.2. The van der Waals surface area contributed by atoms with Gasteiger partial charge in [0.15, 0.2) is 5.78 Å². The van der Waals surface area contributed by atoms with Gasteiger partial charge in [-0.2, -0.15) is 8.42 Å². The van der Waals surface area contributed by atoms with Gasteiger partial charge in [0.25, 0.3) is 0 Å². The predicted molar refractivity (Wildman–Crippen MR) is 71.5 cm³/mol. The Hall–Kier alpha value is -2.25. The van der Waals surface area contributed by atoms with Crippen molar-refractivity contribution in [1.29, 1.82) is 0 Å². The first-order chi connectivity index (χ1) is 9.53. The number of oxime groups is 1. The zero-order valence-corrected chi connectivity index (χ0v) is 11.1. The monoisotopic (exact) mass is 293 g/mol. The van der Waals surface area contributed by atoms with Crippen molar-refractivity contribution in [2.24, 2.45) is 5.16 Å². The molecule has 0 saturated heterocycles. The molecule has 0 amide bonds. The molecule has 1 aromatic rings. The second kappa shape index (κ2) is 5.81. The van der Waals surface area contributed by atoms with Crippen LogP contribution in [0.1, 0.15) is 0 Å². The first-order valence-corrected chi connectivity index (χ1v) is 7.04. The number of aliphatic hydroxyl groups is 1. The van der Waals surface area contributed by atoms with Gasteiger partial charge in [-0.15, -0.1) is 0 Å². The molecule has 6 nitrogen and oxygen atoms in total. The van der Waals surface area contributed by atoms with Crippen molar-refractivity contribution in [1.82, 2.24) is 0 Å². The fourth-order valence-corrected chi connectivity index (χ4v) is 2.25. The van der Waals surface area contributed by atoms with E-state index in [1.54, 1.807) is 18.2 Å². The molecule has 0 heterocycles. The third-order valence-corrected chi connectivity index (χ3v) is 3.61. The third-order valence-electron chi connectivity index (χ3n) is 2.49. The van der Waals surface area contributed by atoms with E-state index in [0.717, 1.165) is 6.08 Å². The minimum absolute atomic E-state index is 0.0326. The van der Waals surface area contributed by atoms with E-state index in [1.807, 2.05) is 0 Å². The van der Waals surface area contributed by atoms with Crippen LogP contribution < -0.4 is 0 Å². The Morgan fingerprint density at radius 3 is 2.50 bits per heavy atom. The van der Waals surface area contributed by atoms with E-state index in [4.69, 9.17) is 5.11 Å². The SMILES string of the molecule is O=C1C=CC(=NOS(=O)(=O)c2ccccc2)C(CO)=C1. The standard InChI is InChI=1S/C13H11NO5S/c15-9-10-8-11(16)6-7-13(10)14-19-20(17,18)12-4-2-1-3-5-12/h1-8,15H,9H2. The molecule has 0 radical (unpaired) electrons. The normalized spacial score (nSPS) is 17.1. The van der Waals surface area contributed by atoms with Gasteiger partial charge in [-0.25, -0.2) is 0 Å². The molecule has 7 heteroatoms. The fraction of sp³-hybridized carbons (Fsp3) is 0.0769. The minimum Gasteiger partial charge on any atom is -0.392 e. The summed E-state index contributed by atoms with van der Waals surface area (Å²) in [6.07, 6.45) is 3.65. The molecule has 1 aromatic carbocycles. The van der Waals surface area contributed by atoms with Crippen molar-refractivity contribution in [3.63, 3.8) is 0 Å². The number of rotatable bonds is 4. The summed E-state index contributed by atoms with van der Waals surface area (Å²) in [7, 11) is -4.02. The molecule has 1 aliphatic carbocycles. The lowest BCUT2D eigenvalue weighted by Crippen LogP contribution is -2.13. The summed E-state index contributed by atoms with van der Waals surface area (Å²) >= 11 is 0. The van der Waals surface area contributed by atoms with Gasteiger partial charge in [-0.1, -0.05) is 23.4 Å². The van der Waals surface area contributed by atoms with Crippen LogP contribution >= 0.6 is 0 Å². The number of carbonyl (C=O) groups is 1. The van der Waals surface area contributed by atoms with Crippen molar-refractivity contribution >= 4 is 21.6 Å². The van der Waals surface area contributed by atoms with Crippen LogP contribution in [0.3, 0.4) is 0 Å². The highest BCUT2D eigenvalue weighted by Crippen LogP contribution is 2.13. The molecular weight excluding hydrogens is 282 g/mol. The maximum atomic E-state index is 11.8. The second-order valence-electron chi connectivity index (χ2n) is 3.88. The average Bonchev–Trinajstić information content (AvgIpc) is 2.46. The Bertz CT molecular complexity index is 702. The highest BCUT2D eigenvalue weighted by molar-refractivity contribution is 7.86. The molecule has 0 fully saturated rings. The van der Waals surface area contributed by atoms with E-state index < -0.39 is 16.7 Å². The number of hydrogen-bond acceptors (Lipinski definition) is 6. The van der Waals surface area contributed by atoms with Crippen LogP contribution in [0.15, 0.2) is 64.2 Å². The van der Waals surface area contributed by atoms with Crippen LogP contribution in [0.4, 0.5) is 0 Å². The molecule has 1 aliphatic rings. The smallest absolute Gasteiger partial charge is 0.358 e. The van der Waals surface area contributed by atoms with Crippen molar-refractivity contribution in [2.45, 2.75) is 4.90 Å². The quantitative estimate of drug-likeness (QED) is 0.655. The first-order valence-electron chi connectivity index (χ1n) is 5.63. The number of allylic oxidation sites excluding steroid dienone is 3. The molecule has 0 saturated carbocycles. The van der Waals surface area contributed by atoms with Crippen LogP contribution in [0.2, 0.25) is 0 Å². The lowest BCUT2D eigenvalue weighted by Gasteiger charge is -2.07. The van der Waals surface area contributed by atoms with Gasteiger partial charge in [-0.3, -0.25) is 9.08 Å². The molecule has 0 bridgehead atoms. The van der Waals surface area contributed by atoms with Crippen molar-refractivity contribution in [3.8, 4) is 0 Å². The van der Waals surface area contributed by atoms with Gasteiger partial charge in [0, 0.05) is 5.57 Å². The minimum atomic E-state index is -4.02. The summed E-state index contributed by atoms with van der Waals surface area (Å²) in [6.45, 7) is -0.441. The Labute approximate surface area is 115 Å². The van der Waals surface area contributed by atoms with Crippen LogP contribution in [0.5, 0.6) is 0 Å². The van der Waals surface area contributed by atoms with Crippen LogP contribution in [0, 0.1) is 0 Å². The Balaban J connectivity index is 2.23. The van der Waals surface area contributed by atoms with Gasteiger partial charge < -0.3 is 5.11 Å². The summed E-state index contributed by atoms with van der Waals surface area (Å²) in [5.74, 6) is -0.307. The number of hydrogen-bond donors (Lipinski definition) is 1. The van der Waals surface area contributed by atoms with Gasteiger partial charge in [-0.05, 0) is 30.4 Å². The topological polar surface area (TPSA) is 93.0 Å². The molecule has 0 aromatic heterocycles. The molecule has 20 heavy (non-hydrogen) atoms. The zero-order chi connectivity index (χ0) is 14.6. The number of benzene rings is 1. The van der Waals surface area contributed by atoms with Crippen LogP contribution in [-0.2, 0) is 19.2 Å². The maximum absolute atomic E-state index is 11.8. The molecule has 0 atom stereocenters. The fourth-order valence-electron chi connectivity index (χ4n) is 1.50. The van der Waals surface area contributed by atoms with Gasteiger partial charge in [0.1, 0.15) is 10.6 Å². The number of nitrogens with zero attached hydrogens (tertiary/aromatic N) is 1. The van der Waals surface area contributed by atoms with Crippen molar-refractivity contribution in [2.75, 3.05) is 6.61 Å². The number of aliphatic hydroxyl groups excluding tert-OH is 1. The van der Waals surface area contributed by atoms with Crippen LogP contribution in [-0.4, -0.2) is 31.6 Å². The van der Waals surface area contributed by atoms with E-state index in [-0.39, 0.29) is 22.0 Å². The molecule has 0 spiro atoms. The Morgan fingerprint density at radius 1 is 1.15 bits per heavy atom. The lowest BCUT2D eigenvalue weighted by molar-refractivity contribution is -0.110. The Morgan fingerprint density at radius 2 is 1.85 bits per heavy atom. The molecule has 1 N–H and O–H groups in total.